The minimum absolute atomic E-state index is 0.309. The van der Waals surface area contributed by atoms with Gasteiger partial charge < -0.3 is 4.42 Å². The van der Waals surface area contributed by atoms with Crippen LogP contribution in [0.25, 0.3) is 11.0 Å². The monoisotopic (exact) mass is 494 g/mol. The Labute approximate surface area is 203 Å². The predicted octanol–water partition coefficient (Wildman–Crippen LogP) is 5.06. The van der Waals surface area contributed by atoms with Crippen molar-refractivity contribution in [1.82, 2.24) is 4.31 Å². The molecule has 3 aromatic carbocycles. The quantitative estimate of drug-likeness (QED) is 0.393. The molecule has 0 unspecified atom stereocenters. The summed E-state index contributed by atoms with van der Waals surface area (Å²) < 4.78 is 35.7. The van der Waals surface area contributed by atoms with E-state index in [1.165, 1.54) is 9.87 Å². The molecule has 6 nitrogen and oxygen atoms in total. The normalized spacial score (nSPS) is 14.2. The first kappa shape index (κ1) is 22.7. The SMILES string of the molecule is Cc1c(Cc2cccc(NS(=O)(=O)N3CCc4ccccc4C3)c2)c(=O)oc2ccc(Cl)cc12. The molecule has 1 aromatic heterocycles. The average molecular weight is 495 g/mol. The lowest BCUT2D eigenvalue weighted by molar-refractivity contribution is 0.394. The fraction of sp³-hybridized carbons (Fsp3) is 0.192. The molecule has 0 bridgehead atoms. The van der Waals surface area contributed by atoms with Crippen molar-refractivity contribution in [2.75, 3.05) is 11.3 Å². The van der Waals surface area contributed by atoms with Crippen molar-refractivity contribution in [3.63, 3.8) is 0 Å². The molecule has 5 rings (SSSR count). The first-order valence-corrected chi connectivity index (χ1v) is 12.8. The number of aryl methyl sites for hydroxylation is 1. The molecule has 1 aliphatic heterocycles. The van der Waals surface area contributed by atoms with Gasteiger partial charge >= 0.3 is 15.8 Å². The summed E-state index contributed by atoms with van der Waals surface area (Å²) in [7, 11) is -3.73. The molecular formula is C26H23ClN2O4S. The fourth-order valence-corrected chi connectivity index (χ4v) is 5.77. The molecule has 1 aliphatic rings. The Morgan fingerprint density at radius 2 is 1.82 bits per heavy atom. The van der Waals surface area contributed by atoms with Gasteiger partial charge in [0.05, 0.1) is 5.69 Å². The number of nitrogens with one attached hydrogen (secondary N) is 1. The number of rotatable bonds is 5. The molecule has 0 atom stereocenters. The van der Waals surface area contributed by atoms with Gasteiger partial charge in [-0.15, -0.1) is 0 Å². The van der Waals surface area contributed by atoms with Crippen LogP contribution < -0.4 is 10.3 Å². The molecule has 0 fully saturated rings. The number of benzene rings is 3. The Hall–Kier alpha value is -3.13. The maximum atomic E-state index is 13.1. The molecule has 2 heterocycles. The van der Waals surface area contributed by atoms with Crippen molar-refractivity contribution >= 4 is 38.5 Å². The van der Waals surface area contributed by atoms with Crippen LogP contribution in [0.1, 0.15) is 27.8 Å². The molecule has 4 aromatic rings. The Kier molecular flexibility index (Phi) is 5.93. The van der Waals surface area contributed by atoms with Gasteiger partial charge in [-0.2, -0.15) is 12.7 Å². The highest BCUT2D eigenvalue weighted by atomic mass is 35.5. The van der Waals surface area contributed by atoms with E-state index in [1.54, 1.807) is 36.4 Å². The third-order valence-electron chi connectivity index (χ3n) is 6.24. The van der Waals surface area contributed by atoms with Gasteiger partial charge in [0.2, 0.25) is 0 Å². The second kappa shape index (κ2) is 8.91. The number of anilines is 1. The van der Waals surface area contributed by atoms with Gasteiger partial charge in [-0.3, -0.25) is 4.72 Å². The second-order valence-corrected chi connectivity index (χ2v) is 10.6. The van der Waals surface area contributed by atoms with Crippen molar-refractivity contribution in [3.05, 3.63) is 110 Å². The number of halogens is 1. The van der Waals surface area contributed by atoms with Crippen LogP contribution in [-0.4, -0.2) is 19.3 Å². The van der Waals surface area contributed by atoms with E-state index in [0.717, 1.165) is 22.1 Å². The molecule has 0 aliphatic carbocycles. The van der Waals surface area contributed by atoms with E-state index in [-0.39, 0.29) is 0 Å². The largest absolute Gasteiger partial charge is 0.423 e. The summed E-state index contributed by atoms with van der Waals surface area (Å²) in [5, 5.41) is 1.34. The first-order valence-electron chi connectivity index (χ1n) is 11.0. The third kappa shape index (κ3) is 4.46. The molecule has 0 saturated carbocycles. The van der Waals surface area contributed by atoms with Crippen LogP contribution in [0.4, 0.5) is 5.69 Å². The van der Waals surface area contributed by atoms with Crippen LogP contribution >= 0.6 is 11.6 Å². The summed E-state index contributed by atoms with van der Waals surface area (Å²) in [6, 6.07) is 20.1. The van der Waals surface area contributed by atoms with E-state index in [1.807, 2.05) is 37.3 Å². The van der Waals surface area contributed by atoms with Gasteiger partial charge in [0.15, 0.2) is 0 Å². The van der Waals surface area contributed by atoms with Crippen LogP contribution in [0.2, 0.25) is 5.02 Å². The lowest BCUT2D eigenvalue weighted by Crippen LogP contribution is -2.39. The Balaban J connectivity index is 1.39. The van der Waals surface area contributed by atoms with E-state index in [4.69, 9.17) is 16.0 Å². The molecule has 34 heavy (non-hydrogen) atoms. The van der Waals surface area contributed by atoms with Gasteiger partial charge in [-0.05, 0) is 65.9 Å². The van der Waals surface area contributed by atoms with Crippen LogP contribution in [0.3, 0.4) is 0 Å². The van der Waals surface area contributed by atoms with Crippen molar-refractivity contribution in [2.45, 2.75) is 26.3 Å². The van der Waals surface area contributed by atoms with E-state index in [0.29, 0.717) is 47.8 Å². The highest BCUT2D eigenvalue weighted by Gasteiger charge is 2.26. The van der Waals surface area contributed by atoms with Crippen molar-refractivity contribution in [1.29, 1.82) is 0 Å². The summed E-state index contributed by atoms with van der Waals surface area (Å²) in [6.07, 6.45) is 0.988. The van der Waals surface area contributed by atoms with E-state index in [9.17, 15) is 13.2 Å². The molecule has 1 N–H and O–H groups in total. The van der Waals surface area contributed by atoms with Gasteiger partial charge in [0, 0.05) is 35.5 Å². The lowest BCUT2D eigenvalue weighted by Gasteiger charge is -2.28. The van der Waals surface area contributed by atoms with Crippen LogP contribution in [0.15, 0.2) is 75.9 Å². The second-order valence-electron chi connectivity index (χ2n) is 8.47. The topological polar surface area (TPSA) is 79.6 Å². The molecule has 0 amide bonds. The van der Waals surface area contributed by atoms with E-state index in [2.05, 4.69) is 4.72 Å². The van der Waals surface area contributed by atoms with Crippen LogP contribution in [0.5, 0.6) is 0 Å². The number of fused-ring (bicyclic) bond motifs is 2. The highest BCUT2D eigenvalue weighted by molar-refractivity contribution is 7.90. The third-order valence-corrected chi connectivity index (χ3v) is 7.96. The highest BCUT2D eigenvalue weighted by Crippen LogP contribution is 2.26. The van der Waals surface area contributed by atoms with E-state index < -0.39 is 15.8 Å². The molecule has 0 radical (unpaired) electrons. The molecule has 8 heteroatoms. The lowest BCUT2D eigenvalue weighted by atomic mass is 9.99. The van der Waals surface area contributed by atoms with E-state index >= 15 is 0 Å². The predicted molar refractivity (Wildman–Crippen MR) is 135 cm³/mol. The number of hydrogen-bond acceptors (Lipinski definition) is 4. The summed E-state index contributed by atoms with van der Waals surface area (Å²) in [5.41, 5.74) is 4.83. The number of hydrogen-bond donors (Lipinski definition) is 1. The Morgan fingerprint density at radius 1 is 1.03 bits per heavy atom. The van der Waals surface area contributed by atoms with Gasteiger partial charge in [-0.25, -0.2) is 4.79 Å². The first-order chi connectivity index (χ1) is 16.3. The Morgan fingerprint density at radius 3 is 2.65 bits per heavy atom. The zero-order valence-corrected chi connectivity index (χ0v) is 20.1. The van der Waals surface area contributed by atoms with Gasteiger partial charge in [-0.1, -0.05) is 48.0 Å². The Bertz CT molecular complexity index is 1560. The van der Waals surface area contributed by atoms with Crippen molar-refractivity contribution in [2.24, 2.45) is 0 Å². The standard InChI is InChI=1S/C26H23ClN2O4S/c1-17-23-15-21(27)9-10-25(23)33-26(30)24(17)14-18-5-4-8-22(13-18)28-34(31,32)29-12-11-19-6-2-3-7-20(19)16-29/h2-10,13,15,28H,11-12,14,16H2,1H3. The summed E-state index contributed by atoms with van der Waals surface area (Å²) in [6.45, 7) is 2.63. The minimum Gasteiger partial charge on any atom is -0.423 e. The molecule has 0 spiro atoms. The summed E-state index contributed by atoms with van der Waals surface area (Å²) >= 11 is 6.13. The maximum absolute atomic E-state index is 13.1. The van der Waals surface area contributed by atoms with Crippen LogP contribution in [0, 0.1) is 6.92 Å². The molecule has 174 valence electrons. The van der Waals surface area contributed by atoms with Crippen molar-refractivity contribution in [3.8, 4) is 0 Å². The zero-order valence-electron chi connectivity index (χ0n) is 18.5. The summed E-state index contributed by atoms with van der Waals surface area (Å²) in [5.74, 6) is 0. The average Bonchev–Trinajstić information content (AvgIpc) is 2.82. The molecule has 0 saturated heterocycles. The van der Waals surface area contributed by atoms with Gasteiger partial charge in [0.25, 0.3) is 0 Å². The van der Waals surface area contributed by atoms with Crippen LogP contribution in [-0.2, 0) is 29.6 Å². The van der Waals surface area contributed by atoms with Crippen molar-refractivity contribution < 1.29 is 12.8 Å². The number of nitrogens with zero attached hydrogens (tertiary/aromatic N) is 1. The zero-order chi connectivity index (χ0) is 23.9. The fourth-order valence-electron chi connectivity index (χ4n) is 4.40. The molecular weight excluding hydrogens is 472 g/mol. The van der Waals surface area contributed by atoms with Gasteiger partial charge in [0.1, 0.15) is 5.58 Å². The smallest absolute Gasteiger partial charge is 0.340 e. The summed E-state index contributed by atoms with van der Waals surface area (Å²) in [4.78, 5) is 12.6. The minimum atomic E-state index is -3.73. The maximum Gasteiger partial charge on any atom is 0.340 e.